The van der Waals surface area contributed by atoms with Crippen LogP contribution in [0.3, 0.4) is 0 Å². The molecule has 6 heteroatoms. The number of fused-ring (bicyclic) bond motifs is 3. The van der Waals surface area contributed by atoms with Crippen molar-refractivity contribution in [2.75, 3.05) is 11.9 Å². The van der Waals surface area contributed by atoms with E-state index >= 15 is 0 Å². The summed E-state index contributed by atoms with van der Waals surface area (Å²) in [6.45, 7) is 6.02. The molecular formula is C25H25NO3S2. The number of rotatable bonds is 6. The predicted molar refractivity (Wildman–Crippen MR) is 128 cm³/mol. The highest BCUT2D eigenvalue weighted by molar-refractivity contribution is 8.00. The minimum atomic E-state index is -0.367. The van der Waals surface area contributed by atoms with Gasteiger partial charge in [0.15, 0.2) is 0 Å². The van der Waals surface area contributed by atoms with E-state index in [9.17, 15) is 9.59 Å². The number of carbonyl (C=O) groups is 2. The van der Waals surface area contributed by atoms with Crippen LogP contribution in [0.2, 0.25) is 0 Å². The van der Waals surface area contributed by atoms with Crippen LogP contribution < -0.4 is 5.32 Å². The van der Waals surface area contributed by atoms with Crippen molar-refractivity contribution in [1.82, 2.24) is 0 Å². The second-order valence-electron chi connectivity index (χ2n) is 7.55. The van der Waals surface area contributed by atoms with Crippen molar-refractivity contribution in [1.29, 1.82) is 0 Å². The third kappa shape index (κ3) is 4.55. The van der Waals surface area contributed by atoms with Crippen molar-refractivity contribution in [2.24, 2.45) is 0 Å². The molecule has 1 aliphatic carbocycles. The maximum atomic E-state index is 13.0. The van der Waals surface area contributed by atoms with E-state index in [1.165, 1.54) is 34.2 Å². The van der Waals surface area contributed by atoms with Gasteiger partial charge in [-0.3, -0.25) is 4.79 Å². The highest BCUT2D eigenvalue weighted by atomic mass is 32.2. The van der Waals surface area contributed by atoms with Crippen molar-refractivity contribution in [3.05, 3.63) is 70.8 Å². The molecule has 0 spiro atoms. The Morgan fingerprint density at radius 3 is 2.61 bits per heavy atom. The van der Waals surface area contributed by atoms with E-state index in [2.05, 4.69) is 17.4 Å². The molecule has 0 saturated carbocycles. The first kappa shape index (κ1) is 21.7. The van der Waals surface area contributed by atoms with E-state index in [1.54, 1.807) is 6.92 Å². The Bertz CT molecular complexity index is 1120. The summed E-state index contributed by atoms with van der Waals surface area (Å²) in [5.41, 5.74) is 5.09. The second kappa shape index (κ2) is 9.28. The van der Waals surface area contributed by atoms with Gasteiger partial charge in [0.05, 0.1) is 17.4 Å². The van der Waals surface area contributed by atoms with Crippen LogP contribution in [0.4, 0.5) is 5.00 Å². The summed E-state index contributed by atoms with van der Waals surface area (Å²) in [6.07, 6.45) is 1.64. The van der Waals surface area contributed by atoms with Crippen LogP contribution in [0, 0.1) is 6.92 Å². The summed E-state index contributed by atoms with van der Waals surface area (Å²) in [5, 5.41) is 3.31. The van der Waals surface area contributed by atoms with Crippen molar-refractivity contribution < 1.29 is 14.3 Å². The molecule has 160 valence electrons. The molecule has 0 radical (unpaired) electrons. The van der Waals surface area contributed by atoms with Gasteiger partial charge in [0.1, 0.15) is 5.00 Å². The molecule has 1 atom stereocenters. The molecule has 2 aromatic carbocycles. The Kier molecular flexibility index (Phi) is 6.49. The third-order valence-electron chi connectivity index (χ3n) is 5.33. The van der Waals surface area contributed by atoms with Gasteiger partial charge in [0, 0.05) is 9.77 Å². The summed E-state index contributed by atoms with van der Waals surface area (Å²) in [4.78, 5) is 27.9. The minimum absolute atomic E-state index is 0.122. The molecule has 31 heavy (non-hydrogen) atoms. The maximum Gasteiger partial charge on any atom is 0.341 e. The number of esters is 1. The van der Waals surface area contributed by atoms with E-state index < -0.39 is 0 Å². The van der Waals surface area contributed by atoms with Crippen molar-refractivity contribution in [3.63, 3.8) is 0 Å². The lowest BCUT2D eigenvalue weighted by atomic mass is 9.89. The van der Waals surface area contributed by atoms with E-state index in [-0.39, 0.29) is 17.1 Å². The fraction of sp³-hybridized carbons (Fsp3) is 0.280. The summed E-state index contributed by atoms with van der Waals surface area (Å²) >= 11 is 2.97. The summed E-state index contributed by atoms with van der Waals surface area (Å²) in [5.74, 6) is -0.489. The van der Waals surface area contributed by atoms with Gasteiger partial charge in [-0.15, -0.1) is 23.1 Å². The van der Waals surface area contributed by atoms with Crippen LogP contribution in [0.5, 0.6) is 0 Å². The molecule has 1 unspecified atom stereocenters. The molecule has 1 amide bonds. The molecule has 1 N–H and O–H groups in total. The van der Waals surface area contributed by atoms with Gasteiger partial charge in [-0.05, 0) is 62.4 Å². The summed E-state index contributed by atoms with van der Waals surface area (Å²) < 4.78 is 5.34. The van der Waals surface area contributed by atoms with Gasteiger partial charge >= 0.3 is 5.97 Å². The first-order valence-electron chi connectivity index (χ1n) is 10.4. The van der Waals surface area contributed by atoms with Crippen molar-refractivity contribution >= 4 is 40.0 Å². The number of thiophene rings is 1. The van der Waals surface area contributed by atoms with E-state index in [0.717, 1.165) is 33.7 Å². The first-order valence-corrected chi connectivity index (χ1v) is 12.1. The van der Waals surface area contributed by atoms with Gasteiger partial charge in [-0.1, -0.05) is 42.0 Å². The number of hydrogen-bond acceptors (Lipinski definition) is 5. The van der Waals surface area contributed by atoms with E-state index in [0.29, 0.717) is 17.2 Å². The Morgan fingerprint density at radius 2 is 1.87 bits per heavy atom. The fourth-order valence-corrected chi connectivity index (χ4v) is 5.90. The van der Waals surface area contributed by atoms with Crippen molar-refractivity contribution in [3.8, 4) is 10.4 Å². The van der Waals surface area contributed by atoms with E-state index in [4.69, 9.17) is 4.74 Å². The zero-order chi connectivity index (χ0) is 22.0. The number of hydrogen-bond donors (Lipinski definition) is 1. The lowest BCUT2D eigenvalue weighted by Crippen LogP contribution is -2.23. The van der Waals surface area contributed by atoms with E-state index in [1.807, 2.05) is 50.2 Å². The van der Waals surface area contributed by atoms with Crippen LogP contribution in [0.25, 0.3) is 10.4 Å². The number of thioether (sulfide) groups is 1. The lowest BCUT2D eigenvalue weighted by molar-refractivity contribution is -0.115. The van der Waals surface area contributed by atoms with Crippen LogP contribution in [-0.2, 0) is 22.4 Å². The van der Waals surface area contributed by atoms with Crippen LogP contribution in [-0.4, -0.2) is 23.7 Å². The number of carbonyl (C=O) groups excluding carboxylic acids is 2. The van der Waals surface area contributed by atoms with Crippen LogP contribution in [0.1, 0.15) is 40.9 Å². The third-order valence-corrected chi connectivity index (χ3v) is 7.63. The minimum Gasteiger partial charge on any atom is -0.462 e. The molecule has 0 aliphatic heterocycles. The average molecular weight is 452 g/mol. The highest BCUT2D eigenvalue weighted by Crippen LogP contribution is 2.45. The molecule has 4 rings (SSSR count). The quantitative estimate of drug-likeness (QED) is 0.362. The zero-order valence-corrected chi connectivity index (χ0v) is 19.5. The average Bonchev–Trinajstić information content (AvgIpc) is 3.14. The first-order chi connectivity index (χ1) is 15.0. The molecule has 1 aliphatic rings. The monoisotopic (exact) mass is 451 g/mol. The number of ether oxygens (including phenoxy) is 1. The molecule has 4 nitrogen and oxygen atoms in total. The fourth-order valence-electron chi connectivity index (χ4n) is 3.74. The van der Waals surface area contributed by atoms with Crippen LogP contribution >= 0.6 is 23.1 Å². The number of nitrogens with one attached hydrogen (secondary N) is 1. The lowest BCUT2D eigenvalue weighted by Gasteiger charge is -2.16. The van der Waals surface area contributed by atoms with Gasteiger partial charge in [-0.25, -0.2) is 4.79 Å². The second-order valence-corrected chi connectivity index (χ2v) is 9.99. The molecular weight excluding hydrogens is 426 g/mol. The maximum absolute atomic E-state index is 13.0. The number of anilines is 1. The Balaban J connectivity index is 1.63. The Hall–Kier alpha value is -2.57. The summed E-state index contributed by atoms with van der Waals surface area (Å²) in [7, 11) is 0. The predicted octanol–water partition coefficient (Wildman–Crippen LogP) is 6.12. The number of amides is 1. The van der Waals surface area contributed by atoms with Gasteiger partial charge in [0.25, 0.3) is 0 Å². The molecule has 3 aromatic rings. The van der Waals surface area contributed by atoms with Gasteiger partial charge in [0.2, 0.25) is 5.91 Å². The Labute approximate surface area is 191 Å². The van der Waals surface area contributed by atoms with Crippen LogP contribution in [0.15, 0.2) is 53.4 Å². The largest absolute Gasteiger partial charge is 0.462 e. The van der Waals surface area contributed by atoms with Gasteiger partial charge in [-0.2, -0.15) is 0 Å². The summed E-state index contributed by atoms with van der Waals surface area (Å²) in [6, 6.07) is 16.4. The smallest absolute Gasteiger partial charge is 0.341 e. The van der Waals surface area contributed by atoms with Gasteiger partial charge < -0.3 is 10.1 Å². The Morgan fingerprint density at radius 1 is 1.13 bits per heavy atom. The molecule has 1 aromatic heterocycles. The molecule has 0 bridgehead atoms. The molecule has 0 saturated heterocycles. The SMILES string of the molecule is CCOC(=O)c1c(NC(=O)C(C)Sc2ccc(C)cc2)sc2c1CCc1ccccc1-2. The molecule has 1 heterocycles. The zero-order valence-electron chi connectivity index (χ0n) is 17.9. The number of benzene rings is 2. The number of aryl methyl sites for hydroxylation is 2. The highest BCUT2D eigenvalue weighted by Gasteiger charge is 2.30. The van der Waals surface area contributed by atoms with Crippen molar-refractivity contribution in [2.45, 2.75) is 43.8 Å². The molecule has 0 fully saturated rings. The topological polar surface area (TPSA) is 55.4 Å². The standard InChI is InChI=1S/C25H25NO3S2/c1-4-29-25(28)21-20-14-11-17-7-5-6-8-19(17)22(20)31-24(21)26-23(27)16(3)30-18-12-9-15(2)10-13-18/h5-10,12-13,16H,4,11,14H2,1-3H3,(H,26,27). The normalized spacial score (nSPS) is 13.1.